The molecule has 3 aromatic carbocycles. The standard InChI is InChI=1S/C91H132ClN19O18/c1-9-11-25-73(106(7)91(129)76(26-12-10-2)107(8)87(125)69(46-58-50-109(52-79(116)117)72-27-16-14-23-62(58)72)103-81(119)64(35-37-93)100-82(120)65(98-53-112)45-57-49-97-63-24-15-13-22-61(57)63)84(122)101-66(42-54(3)4)80(118)96-38-19-17-30-78(115)99-68(44-56-31-33-59(92)34-32-56)89(127)110-39-20-18-28-74(110)85(123)104-70(47-77(95)114)90(128)111-40-21-29-75(111)86(124)105-71(48-94)83(121)102-67(43-55(5)6)88(126)108-41-36-60(113)51-108/h13-16,22-24,27,31-34,49-50,53-55,60,64-71,73-76,97,113H,9-12,17-21,25-26,28-30,35-48,51-52,93-94H2,1-8H3,(H2,95,114)(H,96,118)(H,98,112)(H,99,115)(H,100,120)(H,101,122)(H,102,121)(H,103,119)(H,104,123)(H,105,124)(H,116,117)/t60-,64+,65+,66+,67+,68+,69+,70+,71+,73+,74+,75+,76+/m1/s1. The number of fused-ring (bicyclic) bond motifs is 2. The van der Waals surface area contributed by atoms with Crippen molar-refractivity contribution in [2.45, 2.75) is 268 Å². The van der Waals surface area contributed by atoms with Gasteiger partial charge in [-0.05, 0) is 143 Å². The molecule has 5 aromatic rings. The third-order valence-electron chi connectivity index (χ3n) is 23.9. The average Bonchev–Trinajstić information content (AvgIpc) is 1.74. The number of carbonyl (C=O) groups is 16. The number of para-hydroxylation sites is 2. The van der Waals surface area contributed by atoms with Gasteiger partial charge in [0.25, 0.3) is 0 Å². The largest absolute Gasteiger partial charge is 0.480 e. The van der Waals surface area contributed by atoms with Gasteiger partial charge < -0.3 is 109 Å². The zero-order chi connectivity index (χ0) is 94.3. The predicted octanol–water partition coefficient (Wildman–Crippen LogP) is 1.96. The molecular weight excluding hydrogens is 1680 g/mol. The van der Waals surface area contributed by atoms with E-state index in [1.54, 1.807) is 60.9 Å². The molecule has 0 saturated carbocycles. The van der Waals surface area contributed by atoms with Crippen LogP contribution in [0.3, 0.4) is 0 Å². The summed E-state index contributed by atoms with van der Waals surface area (Å²) in [6.45, 7) is 10.9. The van der Waals surface area contributed by atoms with Crippen LogP contribution < -0.4 is 65.1 Å². The van der Waals surface area contributed by atoms with E-state index in [0.29, 0.717) is 96.9 Å². The number of carbonyl (C=O) groups excluding carboxylic acids is 15. The number of hydrogen-bond acceptors (Lipinski definition) is 19. The molecular formula is C91H132ClN19O18. The molecule has 0 aliphatic carbocycles. The number of nitrogens with zero attached hydrogens (tertiary/aromatic N) is 6. The van der Waals surface area contributed by atoms with Gasteiger partial charge in [-0.1, -0.05) is 127 Å². The first kappa shape index (κ1) is 103. The molecule has 129 heavy (non-hydrogen) atoms. The van der Waals surface area contributed by atoms with Crippen molar-refractivity contribution in [2.75, 3.05) is 59.9 Å². The first-order valence-electron chi connectivity index (χ1n) is 45.1. The molecule has 3 fully saturated rings. The molecule has 2 aromatic heterocycles. The Morgan fingerprint density at radius 1 is 0.566 bits per heavy atom. The Morgan fingerprint density at radius 3 is 1.77 bits per heavy atom. The number of H-pyrrole nitrogens is 1. The van der Waals surface area contributed by atoms with Crippen LogP contribution in [0.15, 0.2) is 85.2 Å². The lowest BCUT2D eigenvalue weighted by molar-refractivity contribution is -0.149. The van der Waals surface area contributed by atoms with Gasteiger partial charge >= 0.3 is 5.97 Å². The zero-order valence-electron chi connectivity index (χ0n) is 75.3. The van der Waals surface area contributed by atoms with Gasteiger partial charge in [-0.3, -0.25) is 76.7 Å². The minimum Gasteiger partial charge on any atom is -0.480 e. The second kappa shape index (κ2) is 50.4. The van der Waals surface area contributed by atoms with Crippen molar-refractivity contribution in [2.24, 2.45) is 29.0 Å². The molecule has 13 atom stereocenters. The van der Waals surface area contributed by atoms with Crippen LogP contribution >= 0.6 is 11.6 Å². The lowest BCUT2D eigenvalue weighted by Gasteiger charge is -2.38. The minimum absolute atomic E-state index is 0.0162. The summed E-state index contributed by atoms with van der Waals surface area (Å²) in [4.78, 5) is 236. The summed E-state index contributed by atoms with van der Waals surface area (Å²) in [5.41, 5.74) is 20.9. The first-order chi connectivity index (χ1) is 61.6. The number of amides is 15. The van der Waals surface area contributed by atoms with Crippen molar-refractivity contribution in [3.05, 3.63) is 107 Å². The molecule has 37 nitrogen and oxygen atoms in total. The van der Waals surface area contributed by atoms with E-state index in [1.165, 1.54) is 43.2 Å². The Kier molecular flexibility index (Phi) is 40.2. The van der Waals surface area contributed by atoms with E-state index in [-0.39, 0.29) is 140 Å². The number of likely N-dealkylation sites (tertiary alicyclic amines) is 3. The summed E-state index contributed by atoms with van der Waals surface area (Å²) in [6, 6.07) is 5.81. The van der Waals surface area contributed by atoms with Crippen molar-refractivity contribution in [3.8, 4) is 0 Å². The van der Waals surface area contributed by atoms with Gasteiger partial charge in [-0.15, -0.1) is 0 Å². The molecule has 3 saturated heterocycles. The van der Waals surface area contributed by atoms with Gasteiger partial charge in [0.05, 0.1) is 12.5 Å². The number of carboxylic acids is 1. The van der Waals surface area contributed by atoms with Crippen LogP contribution in [0, 0.1) is 11.8 Å². The van der Waals surface area contributed by atoms with Gasteiger partial charge in [0, 0.05) is 118 Å². The van der Waals surface area contributed by atoms with E-state index in [4.69, 9.17) is 28.8 Å². The minimum atomic E-state index is -1.61. The maximum absolute atomic E-state index is 15.6. The first-order valence-corrected chi connectivity index (χ1v) is 45.4. The number of β-amino-alcohol motifs (C(OH)–C–C–N with tert-alkyl or cyclic N) is 1. The molecule has 0 bridgehead atoms. The Balaban J connectivity index is 0.915. The third-order valence-corrected chi connectivity index (χ3v) is 24.2. The molecule has 706 valence electrons. The molecule has 8 rings (SSSR count). The number of primary amides is 1. The van der Waals surface area contributed by atoms with Gasteiger partial charge in [0.15, 0.2) is 0 Å². The molecule has 0 spiro atoms. The molecule has 0 unspecified atom stereocenters. The Hall–Kier alpha value is -11.6. The number of likely N-dealkylation sites (N-methyl/N-ethyl adjacent to an activating group) is 2. The lowest BCUT2D eigenvalue weighted by Crippen LogP contribution is -2.61. The number of aliphatic hydroxyl groups excluding tert-OH is 1. The molecule has 3 aliphatic rings. The van der Waals surface area contributed by atoms with Gasteiger partial charge in [0.2, 0.25) is 89.1 Å². The van der Waals surface area contributed by atoms with Crippen LogP contribution in [0.5, 0.6) is 0 Å². The Morgan fingerprint density at radius 2 is 1.14 bits per heavy atom. The summed E-state index contributed by atoms with van der Waals surface area (Å²) in [6.07, 6.45) is 6.87. The summed E-state index contributed by atoms with van der Waals surface area (Å²) in [5.74, 6) is -11.1. The van der Waals surface area contributed by atoms with E-state index >= 15 is 14.4 Å². The molecule has 18 N–H and O–H groups in total. The number of rotatable bonds is 51. The topological polar surface area (TPSA) is 537 Å². The second-order valence-corrected chi connectivity index (χ2v) is 35.2. The SMILES string of the molecule is CCCC[C@@H](C(=O)N(C)[C@@H](CCCC)C(=O)N[C@@H](CC(C)C)C(=O)NCCCCC(=O)N[C@@H](Cc1ccc(Cl)cc1)C(=O)N1CCCC[C@H]1C(=O)N[C@@H](CC(N)=O)C(=O)N1CCC[C@H]1C(=O)N[C@@H](CN)C(=O)N[C@@H](CC(C)C)C(=O)N1CC[C@@H](O)C1)N(C)C(=O)[C@H](Cc1cn(CC(=O)O)c2ccccc12)NC(=O)[C@H](CCN)NC(=O)[C@H](Cc1c[nH]c2ccccc12)NC=O. The van der Waals surface area contributed by atoms with Crippen molar-refractivity contribution < 1.29 is 86.9 Å². The predicted molar refractivity (Wildman–Crippen MR) is 483 cm³/mol. The van der Waals surface area contributed by atoms with E-state index in [9.17, 15) is 72.5 Å². The highest BCUT2D eigenvalue weighted by atomic mass is 35.5. The number of nitrogens with one attached hydrogen (secondary N) is 10. The van der Waals surface area contributed by atoms with Crippen LogP contribution in [-0.2, 0) is 103 Å². The number of unbranched alkanes of at least 4 members (excludes halogenated alkanes) is 3. The summed E-state index contributed by atoms with van der Waals surface area (Å²) in [5, 5.41) is 46.7. The maximum Gasteiger partial charge on any atom is 0.323 e. The number of nitrogens with two attached hydrogens (primary N) is 3. The zero-order valence-corrected chi connectivity index (χ0v) is 76.0. The third kappa shape index (κ3) is 29.5. The number of aromatic amines is 1. The monoisotopic (exact) mass is 1810 g/mol. The fraction of sp³-hybridized carbons (Fsp3) is 0.582. The van der Waals surface area contributed by atoms with Crippen LogP contribution in [0.25, 0.3) is 21.8 Å². The van der Waals surface area contributed by atoms with Gasteiger partial charge in [-0.2, -0.15) is 0 Å². The number of piperidine rings is 1. The number of benzene rings is 3. The number of hydrogen-bond donors (Lipinski definition) is 15. The van der Waals surface area contributed by atoms with Crippen LogP contribution in [-0.4, -0.2) is 278 Å². The van der Waals surface area contributed by atoms with Gasteiger partial charge in [-0.25, -0.2) is 0 Å². The van der Waals surface area contributed by atoms with E-state index in [1.807, 2.05) is 65.8 Å². The van der Waals surface area contributed by atoms with Crippen LogP contribution in [0.2, 0.25) is 5.02 Å². The van der Waals surface area contributed by atoms with E-state index in [0.717, 1.165) is 10.9 Å². The van der Waals surface area contributed by atoms with Gasteiger partial charge in [0.1, 0.15) is 79.0 Å². The number of carboxylic acid groups (broad SMARTS) is 1. The summed E-state index contributed by atoms with van der Waals surface area (Å²) in [7, 11) is 2.87. The number of halogens is 1. The Bertz CT molecular complexity index is 4710. The Labute approximate surface area is 757 Å². The fourth-order valence-corrected chi connectivity index (χ4v) is 17.2. The van der Waals surface area contributed by atoms with Crippen LogP contribution in [0.1, 0.15) is 180 Å². The van der Waals surface area contributed by atoms with Crippen LogP contribution in [0.4, 0.5) is 0 Å². The van der Waals surface area contributed by atoms with Crippen molar-refractivity contribution in [3.63, 3.8) is 0 Å². The lowest BCUT2D eigenvalue weighted by atomic mass is 9.97. The number of aromatic nitrogens is 2. The molecule has 5 heterocycles. The molecule has 0 radical (unpaired) electrons. The van der Waals surface area contributed by atoms with Crippen molar-refractivity contribution in [1.29, 1.82) is 0 Å². The molecule has 15 amide bonds. The second-order valence-electron chi connectivity index (χ2n) is 34.8. The fourth-order valence-electron chi connectivity index (χ4n) is 17.1. The summed E-state index contributed by atoms with van der Waals surface area (Å²) < 4.78 is 1.50. The summed E-state index contributed by atoms with van der Waals surface area (Å²) >= 11 is 6.28. The normalized spacial score (nSPS) is 17.4. The molecule has 38 heteroatoms. The highest BCUT2D eigenvalue weighted by molar-refractivity contribution is 6.30. The quantitative estimate of drug-likeness (QED) is 0.0195. The highest BCUT2D eigenvalue weighted by Crippen LogP contribution is 2.29. The maximum atomic E-state index is 15.6. The van der Waals surface area contributed by atoms with Crippen molar-refractivity contribution in [1.82, 2.24) is 81.9 Å². The smallest absolute Gasteiger partial charge is 0.323 e. The number of aliphatic carboxylic acids is 1. The van der Waals surface area contributed by atoms with E-state index < -0.39 is 174 Å². The average molecular weight is 1820 g/mol. The van der Waals surface area contributed by atoms with Crippen molar-refractivity contribution >= 4 is 128 Å². The van der Waals surface area contributed by atoms with E-state index in [2.05, 4.69) is 52.8 Å². The number of aliphatic hydroxyl groups is 1. The molecule has 3 aliphatic heterocycles. The highest BCUT2D eigenvalue weighted by Gasteiger charge is 2.45.